The Kier molecular flexibility index (Phi) is 8.91. The summed E-state index contributed by atoms with van der Waals surface area (Å²) in [5.74, 6) is 0.836. The molecule has 1 aromatic carbocycles. The minimum atomic E-state index is -0.930. The van der Waals surface area contributed by atoms with Crippen molar-refractivity contribution in [2.45, 2.75) is 66.2 Å². The second-order valence-corrected chi connectivity index (χ2v) is 9.18. The molecule has 2 rings (SSSR count). The monoisotopic (exact) mass is 426 g/mol. The van der Waals surface area contributed by atoms with Crippen LogP contribution in [-0.2, 0) is 4.79 Å². The molecule has 0 atom stereocenters. The molecule has 2 aromatic rings. The summed E-state index contributed by atoms with van der Waals surface area (Å²) >= 11 is 1.70. The molecule has 0 saturated carbocycles. The smallest absolute Gasteiger partial charge is 0.328 e. The first-order chi connectivity index (χ1) is 14.2. The van der Waals surface area contributed by atoms with E-state index in [1.165, 1.54) is 17.2 Å². The summed E-state index contributed by atoms with van der Waals surface area (Å²) in [4.78, 5) is 12.1. The van der Waals surface area contributed by atoms with Crippen molar-refractivity contribution in [3.05, 3.63) is 58.0 Å². The lowest BCUT2D eigenvalue weighted by atomic mass is 9.90. The average molecular weight is 427 g/mol. The van der Waals surface area contributed by atoms with E-state index in [4.69, 9.17) is 9.84 Å². The van der Waals surface area contributed by atoms with Gasteiger partial charge in [0, 0.05) is 16.5 Å². The molecule has 0 radical (unpaired) electrons. The number of aliphatic carboxylic acids is 1. The zero-order chi connectivity index (χ0) is 22.3. The Bertz CT molecular complexity index is 916. The Labute approximate surface area is 185 Å². The van der Waals surface area contributed by atoms with E-state index in [9.17, 15) is 4.79 Å². The predicted octanol–water partition coefficient (Wildman–Crippen LogP) is 7.88. The number of rotatable bonds is 10. The summed E-state index contributed by atoms with van der Waals surface area (Å²) in [5.41, 5.74) is 5.47. The number of hydrogen-bond donors (Lipinski definition) is 1. The highest BCUT2D eigenvalue weighted by Gasteiger charge is 2.20. The lowest BCUT2D eigenvalue weighted by molar-refractivity contribution is -0.131. The SMILES string of the molecule is CCCCOc1c(-c2sccc2C=CC(C)=CC(=O)O)cc(C(C)C)cc1C(C)C. The second-order valence-electron chi connectivity index (χ2n) is 8.26. The number of carboxylic acid groups (broad SMARTS) is 1. The third-order valence-electron chi connectivity index (χ3n) is 4.99. The highest BCUT2D eigenvalue weighted by molar-refractivity contribution is 7.14. The van der Waals surface area contributed by atoms with Crippen LogP contribution in [0.5, 0.6) is 5.75 Å². The van der Waals surface area contributed by atoms with E-state index in [0.29, 0.717) is 24.0 Å². The van der Waals surface area contributed by atoms with Gasteiger partial charge in [0.05, 0.1) is 6.61 Å². The third kappa shape index (κ3) is 6.33. The fraction of sp³-hybridized carbons (Fsp3) is 0.423. The van der Waals surface area contributed by atoms with Crippen molar-refractivity contribution < 1.29 is 14.6 Å². The van der Waals surface area contributed by atoms with Gasteiger partial charge in [-0.15, -0.1) is 11.3 Å². The lowest BCUT2D eigenvalue weighted by Crippen LogP contribution is -2.05. The molecular formula is C26H34O3S. The number of hydrogen-bond acceptors (Lipinski definition) is 3. The van der Waals surface area contributed by atoms with Crippen LogP contribution >= 0.6 is 11.3 Å². The Morgan fingerprint density at radius 1 is 1.20 bits per heavy atom. The molecule has 1 aromatic heterocycles. The fourth-order valence-corrected chi connectivity index (χ4v) is 4.12. The van der Waals surface area contributed by atoms with Crippen LogP contribution in [0.4, 0.5) is 0 Å². The first kappa shape index (κ1) is 23.9. The molecule has 162 valence electrons. The molecule has 0 spiro atoms. The first-order valence-electron chi connectivity index (χ1n) is 10.7. The summed E-state index contributed by atoms with van der Waals surface area (Å²) < 4.78 is 6.36. The van der Waals surface area contributed by atoms with Gasteiger partial charge in [-0.05, 0) is 65.0 Å². The van der Waals surface area contributed by atoms with Gasteiger partial charge in [-0.2, -0.15) is 0 Å². The molecule has 0 aliphatic carbocycles. The van der Waals surface area contributed by atoms with E-state index in [1.807, 2.05) is 12.2 Å². The van der Waals surface area contributed by atoms with E-state index in [2.05, 4.69) is 58.2 Å². The standard InChI is InChI=1S/C26H34O3S/c1-7-8-12-29-25-22(18(4)5)15-21(17(2)3)16-23(25)26-20(11-13-30-26)10-9-19(6)14-24(27)28/h9-11,13-18H,7-8,12H2,1-6H3,(H,27,28). The molecule has 4 heteroatoms. The van der Waals surface area contributed by atoms with E-state index in [-0.39, 0.29) is 0 Å². The quantitative estimate of drug-likeness (QED) is 0.239. The maximum Gasteiger partial charge on any atom is 0.328 e. The number of ether oxygens (including phenoxy) is 1. The molecule has 3 nitrogen and oxygen atoms in total. The van der Waals surface area contributed by atoms with Crippen LogP contribution in [0.2, 0.25) is 0 Å². The van der Waals surface area contributed by atoms with Crippen LogP contribution in [0.15, 0.2) is 41.3 Å². The minimum Gasteiger partial charge on any atom is -0.493 e. The van der Waals surface area contributed by atoms with E-state index < -0.39 is 5.97 Å². The molecular weight excluding hydrogens is 392 g/mol. The first-order valence-corrected chi connectivity index (χ1v) is 11.6. The Balaban J connectivity index is 2.61. The van der Waals surface area contributed by atoms with Gasteiger partial charge < -0.3 is 9.84 Å². The van der Waals surface area contributed by atoms with Gasteiger partial charge >= 0.3 is 5.97 Å². The Morgan fingerprint density at radius 2 is 1.93 bits per heavy atom. The largest absolute Gasteiger partial charge is 0.493 e. The molecule has 1 heterocycles. The number of unbranched alkanes of at least 4 members (excludes halogenated alkanes) is 1. The van der Waals surface area contributed by atoms with Crippen LogP contribution in [0, 0.1) is 0 Å². The van der Waals surface area contributed by atoms with Gasteiger partial charge in [0.25, 0.3) is 0 Å². The van der Waals surface area contributed by atoms with Gasteiger partial charge in [-0.3, -0.25) is 0 Å². The fourth-order valence-electron chi connectivity index (χ4n) is 3.22. The van der Waals surface area contributed by atoms with Crippen LogP contribution in [-0.4, -0.2) is 17.7 Å². The normalized spacial score (nSPS) is 12.3. The van der Waals surface area contributed by atoms with Crippen molar-refractivity contribution in [3.63, 3.8) is 0 Å². The predicted molar refractivity (Wildman–Crippen MR) is 129 cm³/mol. The molecule has 0 aliphatic heterocycles. The molecule has 0 aliphatic rings. The maximum absolute atomic E-state index is 10.9. The Hall–Kier alpha value is -2.33. The summed E-state index contributed by atoms with van der Waals surface area (Å²) in [6.07, 6.45) is 7.19. The summed E-state index contributed by atoms with van der Waals surface area (Å²) in [5, 5.41) is 11.0. The van der Waals surface area contributed by atoms with Gasteiger partial charge in [0.15, 0.2) is 0 Å². The van der Waals surface area contributed by atoms with Crippen molar-refractivity contribution in [2.24, 2.45) is 0 Å². The lowest BCUT2D eigenvalue weighted by Gasteiger charge is -2.21. The number of carbonyl (C=O) groups is 1. The average Bonchev–Trinajstić information content (AvgIpc) is 3.14. The highest BCUT2D eigenvalue weighted by Crippen LogP contribution is 2.43. The van der Waals surface area contributed by atoms with Crippen molar-refractivity contribution in [3.8, 4) is 16.2 Å². The molecule has 0 amide bonds. The van der Waals surface area contributed by atoms with Crippen molar-refractivity contribution >= 4 is 23.4 Å². The number of thiophene rings is 1. The maximum atomic E-state index is 10.9. The second kappa shape index (κ2) is 11.2. The minimum absolute atomic E-state index is 0.360. The highest BCUT2D eigenvalue weighted by atomic mass is 32.1. The molecule has 0 saturated heterocycles. The van der Waals surface area contributed by atoms with Crippen molar-refractivity contribution in [1.82, 2.24) is 0 Å². The number of allylic oxidation sites excluding steroid dienone is 2. The van der Waals surface area contributed by atoms with E-state index in [0.717, 1.165) is 34.6 Å². The van der Waals surface area contributed by atoms with Gasteiger partial charge in [0.2, 0.25) is 0 Å². The van der Waals surface area contributed by atoms with Crippen LogP contribution in [0.1, 0.15) is 82.9 Å². The summed E-state index contributed by atoms with van der Waals surface area (Å²) in [7, 11) is 0. The van der Waals surface area contributed by atoms with E-state index >= 15 is 0 Å². The Morgan fingerprint density at radius 3 is 2.53 bits per heavy atom. The molecule has 0 unspecified atom stereocenters. The topological polar surface area (TPSA) is 46.5 Å². The zero-order valence-electron chi connectivity index (χ0n) is 19.0. The van der Waals surface area contributed by atoms with Crippen LogP contribution < -0.4 is 4.74 Å². The van der Waals surface area contributed by atoms with Gasteiger partial charge in [0.1, 0.15) is 5.75 Å². The molecule has 30 heavy (non-hydrogen) atoms. The van der Waals surface area contributed by atoms with Crippen LogP contribution in [0.3, 0.4) is 0 Å². The number of benzene rings is 1. The van der Waals surface area contributed by atoms with Crippen molar-refractivity contribution in [2.75, 3.05) is 6.61 Å². The molecule has 0 bridgehead atoms. The van der Waals surface area contributed by atoms with Crippen molar-refractivity contribution in [1.29, 1.82) is 0 Å². The van der Waals surface area contributed by atoms with Crippen LogP contribution in [0.25, 0.3) is 16.5 Å². The third-order valence-corrected chi connectivity index (χ3v) is 5.95. The zero-order valence-corrected chi connectivity index (χ0v) is 19.8. The molecule has 1 N–H and O–H groups in total. The number of carboxylic acids is 1. The van der Waals surface area contributed by atoms with Gasteiger partial charge in [-0.1, -0.05) is 59.3 Å². The van der Waals surface area contributed by atoms with Gasteiger partial charge in [-0.25, -0.2) is 4.79 Å². The summed E-state index contributed by atoms with van der Waals surface area (Å²) in [6, 6.07) is 6.64. The summed E-state index contributed by atoms with van der Waals surface area (Å²) in [6.45, 7) is 13.5. The molecule has 0 fully saturated rings. The van der Waals surface area contributed by atoms with E-state index in [1.54, 1.807) is 18.3 Å².